The van der Waals surface area contributed by atoms with Crippen molar-refractivity contribution in [3.63, 3.8) is 0 Å². The van der Waals surface area contributed by atoms with E-state index < -0.39 is 0 Å². The Balaban J connectivity index is 2.27. The first-order valence-electron chi connectivity index (χ1n) is 5.98. The fourth-order valence-corrected chi connectivity index (χ4v) is 2.30. The molecule has 1 atom stereocenters. The molecule has 0 aliphatic carbocycles. The number of phenolic OH excluding ortho intramolecular Hbond substituents is 1. The molecule has 19 heavy (non-hydrogen) atoms. The van der Waals surface area contributed by atoms with Crippen LogP contribution >= 0.6 is 15.9 Å². The molecular weight excluding hydrogens is 309 g/mol. The number of hydrogen-bond donors (Lipinski definition) is 2. The van der Waals surface area contributed by atoms with E-state index in [0.29, 0.717) is 5.69 Å². The lowest BCUT2D eigenvalue weighted by atomic mass is 10.0. The van der Waals surface area contributed by atoms with Gasteiger partial charge in [0.1, 0.15) is 11.6 Å². The van der Waals surface area contributed by atoms with Crippen molar-refractivity contribution in [3.05, 3.63) is 57.8 Å². The van der Waals surface area contributed by atoms with E-state index in [1.807, 2.05) is 26.0 Å². The maximum atomic E-state index is 13.2. The van der Waals surface area contributed by atoms with Crippen LogP contribution in [0.3, 0.4) is 0 Å². The Hall–Kier alpha value is -1.55. The van der Waals surface area contributed by atoms with Crippen LogP contribution in [0.1, 0.15) is 24.1 Å². The summed E-state index contributed by atoms with van der Waals surface area (Å²) < 4.78 is 14.0. The normalized spacial score (nSPS) is 12.2. The fourth-order valence-electron chi connectivity index (χ4n) is 1.94. The lowest BCUT2D eigenvalue weighted by molar-refractivity contribution is 0.465. The molecule has 0 saturated carbocycles. The molecule has 1 unspecified atom stereocenters. The summed E-state index contributed by atoms with van der Waals surface area (Å²) in [5, 5.41) is 13.1. The van der Waals surface area contributed by atoms with Gasteiger partial charge in [-0.3, -0.25) is 0 Å². The number of benzene rings is 2. The predicted molar refractivity (Wildman–Crippen MR) is 79.0 cm³/mol. The number of halogens is 2. The lowest BCUT2D eigenvalue weighted by Gasteiger charge is -2.18. The van der Waals surface area contributed by atoms with E-state index in [1.54, 1.807) is 12.1 Å². The Morgan fingerprint density at radius 1 is 1.21 bits per heavy atom. The maximum absolute atomic E-state index is 13.2. The molecule has 0 spiro atoms. The van der Waals surface area contributed by atoms with Crippen molar-refractivity contribution in [3.8, 4) is 5.75 Å². The highest BCUT2D eigenvalue weighted by Gasteiger charge is 2.12. The first-order valence-corrected chi connectivity index (χ1v) is 6.78. The number of aromatic hydroxyl groups is 1. The molecule has 2 aromatic rings. The van der Waals surface area contributed by atoms with E-state index >= 15 is 0 Å². The quantitative estimate of drug-likeness (QED) is 0.852. The van der Waals surface area contributed by atoms with Crippen LogP contribution in [0.15, 0.2) is 40.9 Å². The minimum Gasteiger partial charge on any atom is -0.508 e. The van der Waals surface area contributed by atoms with Crippen LogP contribution in [0, 0.1) is 12.7 Å². The molecule has 0 amide bonds. The van der Waals surface area contributed by atoms with Crippen LogP contribution in [-0.4, -0.2) is 5.11 Å². The van der Waals surface area contributed by atoms with E-state index in [9.17, 15) is 9.50 Å². The van der Waals surface area contributed by atoms with Crippen LogP contribution in [-0.2, 0) is 0 Å². The highest BCUT2D eigenvalue weighted by atomic mass is 79.9. The molecule has 2 rings (SSSR count). The molecule has 100 valence electrons. The van der Waals surface area contributed by atoms with E-state index in [4.69, 9.17) is 0 Å². The Labute approximate surface area is 120 Å². The van der Waals surface area contributed by atoms with Gasteiger partial charge in [0.05, 0.1) is 11.7 Å². The van der Waals surface area contributed by atoms with E-state index in [2.05, 4.69) is 21.2 Å². The van der Waals surface area contributed by atoms with Gasteiger partial charge >= 0.3 is 0 Å². The van der Waals surface area contributed by atoms with Crippen LogP contribution in [0.2, 0.25) is 0 Å². The molecule has 0 heterocycles. The van der Waals surface area contributed by atoms with Gasteiger partial charge in [-0.05, 0) is 54.0 Å². The average Bonchev–Trinajstić information content (AvgIpc) is 2.36. The van der Waals surface area contributed by atoms with Gasteiger partial charge in [0.2, 0.25) is 0 Å². The van der Waals surface area contributed by atoms with Gasteiger partial charge in [-0.1, -0.05) is 17.7 Å². The lowest BCUT2D eigenvalue weighted by Crippen LogP contribution is -2.07. The summed E-state index contributed by atoms with van der Waals surface area (Å²) in [7, 11) is 0. The Morgan fingerprint density at radius 2 is 1.95 bits per heavy atom. The van der Waals surface area contributed by atoms with Crippen molar-refractivity contribution >= 4 is 21.6 Å². The van der Waals surface area contributed by atoms with E-state index in [1.165, 1.54) is 12.1 Å². The molecule has 2 N–H and O–H groups in total. The van der Waals surface area contributed by atoms with Crippen LogP contribution in [0.5, 0.6) is 5.75 Å². The first kappa shape index (κ1) is 13.9. The number of rotatable bonds is 3. The van der Waals surface area contributed by atoms with E-state index in [0.717, 1.165) is 15.6 Å². The first-order chi connectivity index (χ1) is 8.97. The summed E-state index contributed by atoms with van der Waals surface area (Å²) in [5.41, 5.74) is 2.52. The second-order valence-corrected chi connectivity index (χ2v) is 5.41. The number of phenols is 1. The summed E-state index contributed by atoms with van der Waals surface area (Å²) >= 11 is 3.37. The molecule has 0 radical (unpaired) electrons. The van der Waals surface area contributed by atoms with Gasteiger partial charge in [0.15, 0.2) is 0 Å². The largest absolute Gasteiger partial charge is 0.508 e. The van der Waals surface area contributed by atoms with E-state index in [-0.39, 0.29) is 17.6 Å². The molecule has 2 aromatic carbocycles. The molecule has 0 fully saturated rings. The van der Waals surface area contributed by atoms with Crippen molar-refractivity contribution in [1.29, 1.82) is 0 Å². The van der Waals surface area contributed by atoms with Gasteiger partial charge in [-0.15, -0.1) is 0 Å². The maximum Gasteiger partial charge on any atom is 0.125 e. The third-order valence-electron chi connectivity index (χ3n) is 2.95. The van der Waals surface area contributed by atoms with Gasteiger partial charge in [-0.2, -0.15) is 0 Å². The van der Waals surface area contributed by atoms with Crippen molar-refractivity contribution < 1.29 is 9.50 Å². The molecule has 0 aliphatic rings. The second-order valence-electron chi connectivity index (χ2n) is 4.55. The van der Waals surface area contributed by atoms with Crippen molar-refractivity contribution in [2.24, 2.45) is 0 Å². The number of hydrogen-bond acceptors (Lipinski definition) is 2. The van der Waals surface area contributed by atoms with Crippen molar-refractivity contribution in [2.45, 2.75) is 19.9 Å². The summed E-state index contributed by atoms with van der Waals surface area (Å²) in [6.45, 7) is 3.89. The predicted octanol–water partition coefficient (Wildman–Crippen LogP) is 4.78. The summed E-state index contributed by atoms with van der Waals surface area (Å²) in [5.74, 6) is -0.0653. The number of nitrogens with one attached hydrogen (secondary N) is 1. The monoisotopic (exact) mass is 323 g/mol. The summed E-state index contributed by atoms with van der Waals surface area (Å²) in [6, 6.07) is 9.78. The zero-order valence-electron chi connectivity index (χ0n) is 10.7. The SMILES string of the molecule is Cc1ccc(O)c(C(C)Nc2cc(F)ccc2Br)c1. The fraction of sp³-hybridized carbons (Fsp3) is 0.200. The van der Waals surface area contributed by atoms with Crippen LogP contribution < -0.4 is 5.32 Å². The highest BCUT2D eigenvalue weighted by molar-refractivity contribution is 9.10. The summed E-state index contributed by atoms with van der Waals surface area (Å²) in [4.78, 5) is 0. The Morgan fingerprint density at radius 3 is 2.68 bits per heavy atom. The van der Waals surface area contributed by atoms with Crippen LogP contribution in [0.4, 0.5) is 10.1 Å². The van der Waals surface area contributed by atoms with Crippen molar-refractivity contribution in [2.75, 3.05) is 5.32 Å². The second kappa shape index (κ2) is 5.61. The zero-order chi connectivity index (χ0) is 14.0. The molecule has 0 aromatic heterocycles. The summed E-state index contributed by atoms with van der Waals surface area (Å²) in [6.07, 6.45) is 0. The smallest absolute Gasteiger partial charge is 0.125 e. The van der Waals surface area contributed by atoms with Crippen molar-refractivity contribution in [1.82, 2.24) is 0 Å². The molecule has 0 saturated heterocycles. The molecule has 0 bridgehead atoms. The molecule has 4 heteroatoms. The average molecular weight is 324 g/mol. The Bertz CT molecular complexity index is 601. The van der Waals surface area contributed by atoms with Gasteiger partial charge in [0, 0.05) is 10.0 Å². The molecular formula is C15H15BrFNO. The molecule has 2 nitrogen and oxygen atoms in total. The van der Waals surface area contributed by atoms with Gasteiger partial charge < -0.3 is 10.4 Å². The minimum absolute atomic E-state index is 0.127. The topological polar surface area (TPSA) is 32.3 Å². The Kier molecular flexibility index (Phi) is 4.10. The van der Waals surface area contributed by atoms with Crippen LogP contribution in [0.25, 0.3) is 0 Å². The third kappa shape index (κ3) is 3.26. The zero-order valence-corrected chi connectivity index (χ0v) is 12.3. The standard InChI is InChI=1S/C15H15BrFNO/c1-9-3-6-15(19)12(7-9)10(2)18-14-8-11(17)4-5-13(14)16/h3-8,10,18-19H,1-2H3. The highest BCUT2D eigenvalue weighted by Crippen LogP contribution is 2.31. The number of anilines is 1. The molecule has 0 aliphatic heterocycles. The third-order valence-corrected chi connectivity index (χ3v) is 3.64. The van der Waals surface area contributed by atoms with Gasteiger partial charge in [0.25, 0.3) is 0 Å². The number of aryl methyl sites for hydroxylation is 1. The minimum atomic E-state index is -0.300. The van der Waals surface area contributed by atoms with Gasteiger partial charge in [-0.25, -0.2) is 4.39 Å².